The van der Waals surface area contributed by atoms with Crippen molar-refractivity contribution in [2.75, 3.05) is 27.7 Å². The summed E-state index contributed by atoms with van der Waals surface area (Å²) in [5.41, 5.74) is -0.769. The lowest BCUT2D eigenvalue weighted by Crippen LogP contribution is -2.61. The summed E-state index contributed by atoms with van der Waals surface area (Å²) >= 11 is 0. The van der Waals surface area contributed by atoms with Gasteiger partial charge in [0.05, 0.1) is 7.11 Å². The summed E-state index contributed by atoms with van der Waals surface area (Å²) in [4.78, 5) is 73.7. The summed E-state index contributed by atoms with van der Waals surface area (Å²) in [5.74, 6) is -2.38. The average Bonchev–Trinajstić information content (AvgIpc) is 3.47. The van der Waals surface area contributed by atoms with Crippen molar-refractivity contribution >= 4 is 40.6 Å². The minimum atomic E-state index is -1.16. The van der Waals surface area contributed by atoms with Gasteiger partial charge in [0, 0.05) is 20.0 Å². The maximum atomic E-state index is 14.3. The van der Waals surface area contributed by atoms with Gasteiger partial charge in [0.1, 0.15) is 47.0 Å². The number of ether oxygens (including phenoxy) is 2. The second-order valence-electron chi connectivity index (χ2n) is 14.3. The van der Waals surface area contributed by atoms with Crippen molar-refractivity contribution < 1.29 is 33.4 Å². The molecule has 14 nitrogen and oxygen atoms in total. The number of likely N-dealkylation sites (tertiary alicyclic amines) is 1. The highest BCUT2D eigenvalue weighted by Crippen LogP contribution is 2.28. The zero-order valence-electron chi connectivity index (χ0n) is 30.1. The van der Waals surface area contributed by atoms with E-state index in [2.05, 4.69) is 25.8 Å². The van der Waals surface area contributed by atoms with E-state index in [9.17, 15) is 24.0 Å². The molecule has 3 rings (SSSR count). The molecule has 1 heterocycles. The van der Waals surface area contributed by atoms with Gasteiger partial charge < -0.3 is 25.0 Å². The Balaban J connectivity index is 1.89. The molecule has 2 aromatic rings. The number of hydrogen-bond acceptors (Lipinski definition) is 9. The van der Waals surface area contributed by atoms with Crippen LogP contribution in [-0.2, 0) is 35.1 Å². The lowest BCUT2D eigenvalue weighted by Gasteiger charge is -2.37. The summed E-state index contributed by atoms with van der Waals surface area (Å²) in [6.45, 7) is 12.2. The Morgan fingerprint density at radius 2 is 1.67 bits per heavy atom. The molecule has 1 fully saturated rings. The minimum Gasteiger partial charge on any atom is -0.467 e. The Bertz CT molecular complexity index is 1610. The predicted molar refractivity (Wildman–Crippen MR) is 183 cm³/mol. The molecular formula is C35H50N7O7+. The molecule has 14 heteroatoms. The highest BCUT2D eigenvalue weighted by atomic mass is 16.6. The molecule has 0 radical (unpaired) electrons. The van der Waals surface area contributed by atoms with Crippen LogP contribution in [0, 0.1) is 5.41 Å². The molecular weight excluding hydrogens is 630 g/mol. The van der Waals surface area contributed by atoms with Gasteiger partial charge in [-0.2, -0.15) is 0 Å². The van der Waals surface area contributed by atoms with Crippen molar-refractivity contribution in [3.8, 4) is 0 Å². The van der Waals surface area contributed by atoms with Crippen LogP contribution in [0.3, 0.4) is 0 Å². The zero-order valence-corrected chi connectivity index (χ0v) is 30.1. The maximum Gasteiger partial charge on any atom is 0.410 e. The van der Waals surface area contributed by atoms with Crippen LogP contribution in [0.4, 0.5) is 4.79 Å². The van der Waals surface area contributed by atoms with Crippen LogP contribution in [0.25, 0.3) is 10.8 Å². The number of likely N-dealkylation sites (N-methyl/N-ethyl adjacent to an activating group) is 1. The average molecular weight is 681 g/mol. The number of hydrogen-bond donors (Lipinski definition) is 2. The molecule has 1 aliphatic rings. The van der Waals surface area contributed by atoms with Crippen molar-refractivity contribution in [3.05, 3.63) is 48.0 Å². The third kappa shape index (κ3) is 10.1. The second-order valence-corrected chi connectivity index (χ2v) is 14.3. The molecule has 1 saturated heterocycles. The molecule has 0 bridgehead atoms. The number of rotatable bonds is 10. The van der Waals surface area contributed by atoms with Crippen molar-refractivity contribution in [2.45, 2.75) is 97.1 Å². The molecule has 0 saturated carbocycles. The van der Waals surface area contributed by atoms with Gasteiger partial charge in [-0.05, 0) is 55.9 Å². The van der Waals surface area contributed by atoms with E-state index in [1.807, 2.05) is 42.5 Å². The van der Waals surface area contributed by atoms with Gasteiger partial charge in [0.2, 0.25) is 22.6 Å². The normalized spacial score (nSPS) is 18.0. The van der Waals surface area contributed by atoms with Crippen LogP contribution in [0.5, 0.6) is 0 Å². The van der Waals surface area contributed by atoms with E-state index in [1.54, 1.807) is 41.5 Å². The summed E-state index contributed by atoms with van der Waals surface area (Å²) in [6.07, 6.45) is -0.258. The maximum absolute atomic E-state index is 14.3. The summed E-state index contributed by atoms with van der Waals surface area (Å²) in [5, 5.41) is 15.5. The van der Waals surface area contributed by atoms with Crippen LogP contribution in [-0.4, -0.2) is 103 Å². The molecule has 2 N–H and O–H groups in total. The van der Waals surface area contributed by atoms with Crippen molar-refractivity contribution in [1.82, 2.24) is 25.3 Å². The molecule has 4 amide bonds. The van der Waals surface area contributed by atoms with E-state index in [1.165, 1.54) is 33.0 Å². The standard InChI is InChI=1S/C35H49N7O7/c1-21(41(9)33(47)49-35(5,6)7)29(43)38-28(34(2,3)4)31(45)42-18-17-25(39-40-36-8)27(42)30(44)37-26(32(46)48-10)20-22-15-16-23-13-11-12-14-24(23)19-22/h11-16,19,21,25-28H,17-18,20H2,1-10H3,(H-,37,38,43,44)/p+1. The Kier molecular flexibility index (Phi) is 12.6. The number of nitrogens with one attached hydrogen (secondary N) is 2. The SMILES string of the molecule is CN=[N+]=NC1CCN(C(=O)C(NC(=O)C(C)N(C)C(=O)OC(C)(C)C)C(C)(C)C)C1C(=O)NC(Cc1ccc2ccccc2c1)C(=O)OC. The first kappa shape index (κ1) is 38.6. The third-order valence-electron chi connectivity index (χ3n) is 8.30. The minimum absolute atomic E-state index is 0.133. The van der Waals surface area contributed by atoms with E-state index in [4.69, 9.17) is 9.47 Å². The largest absolute Gasteiger partial charge is 0.467 e. The third-order valence-corrected chi connectivity index (χ3v) is 8.30. The molecule has 5 atom stereocenters. The first-order chi connectivity index (χ1) is 22.9. The monoisotopic (exact) mass is 680 g/mol. The van der Waals surface area contributed by atoms with Gasteiger partial charge >= 0.3 is 12.1 Å². The Morgan fingerprint density at radius 1 is 1.02 bits per heavy atom. The summed E-state index contributed by atoms with van der Waals surface area (Å²) in [7, 11) is 4.12. The van der Waals surface area contributed by atoms with Gasteiger partial charge in [-0.15, -0.1) is 0 Å². The van der Waals surface area contributed by atoms with Gasteiger partial charge in [-0.1, -0.05) is 63.2 Å². The smallest absolute Gasteiger partial charge is 0.410 e. The number of nitrogens with zero attached hydrogens (tertiary/aromatic N) is 5. The van der Waals surface area contributed by atoms with E-state index in [0.717, 1.165) is 21.2 Å². The number of esters is 1. The highest BCUT2D eigenvalue weighted by Gasteiger charge is 2.49. The molecule has 1 aliphatic heterocycles. The van der Waals surface area contributed by atoms with Gasteiger partial charge in [-0.3, -0.25) is 19.3 Å². The summed E-state index contributed by atoms with van der Waals surface area (Å²) < 4.78 is 10.4. The van der Waals surface area contributed by atoms with Crippen molar-refractivity contribution in [3.63, 3.8) is 0 Å². The lowest BCUT2D eigenvalue weighted by molar-refractivity contribution is -0.147. The Labute approximate surface area is 287 Å². The number of carbonyl (C=O) groups excluding carboxylic acids is 5. The van der Waals surface area contributed by atoms with Gasteiger partial charge in [0.15, 0.2) is 6.04 Å². The molecule has 49 heavy (non-hydrogen) atoms. The first-order valence-corrected chi connectivity index (χ1v) is 16.3. The zero-order chi connectivity index (χ0) is 36.7. The van der Waals surface area contributed by atoms with Crippen LogP contribution in [0.2, 0.25) is 0 Å². The lowest BCUT2D eigenvalue weighted by atomic mass is 9.85. The van der Waals surface area contributed by atoms with Crippen molar-refractivity contribution in [2.24, 2.45) is 15.6 Å². The van der Waals surface area contributed by atoms with E-state index in [-0.39, 0.29) is 13.0 Å². The fraction of sp³-hybridized carbons (Fsp3) is 0.571. The Morgan fingerprint density at radius 3 is 2.27 bits per heavy atom. The molecule has 0 aromatic heterocycles. The second kappa shape index (κ2) is 16.0. The topological polar surface area (TPSA) is 173 Å². The van der Waals surface area contributed by atoms with Crippen LogP contribution in [0.1, 0.15) is 60.5 Å². The van der Waals surface area contributed by atoms with Crippen LogP contribution >= 0.6 is 0 Å². The first-order valence-electron chi connectivity index (χ1n) is 16.3. The molecule has 0 aliphatic carbocycles. The quantitative estimate of drug-likeness (QED) is 0.220. The fourth-order valence-electron chi connectivity index (χ4n) is 5.52. The molecule has 2 aromatic carbocycles. The highest BCUT2D eigenvalue weighted by molar-refractivity contribution is 5.96. The van der Waals surface area contributed by atoms with E-state index >= 15 is 0 Å². The van der Waals surface area contributed by atoms with E-state index < -0.39 is 71.0 Å². The van der Waals surface area contributed by atoms with Gasteiger partial charge in [0.25, 0.3) is 0 Å². The number of carbonyl (C=O) groups is 5. The number of methoxy groups -OCH3 is 1. The van der Waals surface area contributed by atoms with E-state index in [0.29, 0.717) is 6.42 Å². The fourth-order valence-corrected chi connectivity index (χ4v) is 5.52. The Hall–Kier alpha value is -4.84. The summed E-state index contributed by atoms with van der Waals surface area (Å²) in [6, 6.07) is 8.51. The van der Waals surface area contributed by atoms with Crippen LogP contribution in [0.15, 0.2) is 52.7 Å². The van der Waals surface area contributed by atoms with Crippen molar-refractivity contribution in [1.29, 1.82) is 0 Å². The van der Waals surface area contributed by atoms with Crippen LogP contribution < -0.4 is 15.5 Å². The molecule has 266 valence electrons. The number of fused-ring (bicyclic) bond motifs is 1. The number of benzene rings is 2. The molecule has 5 unspecified atom stereocenters. The predicted octanol–water partition coefficient (Wildman–Crippen LogP) is 3.40. The van der Waals surface area contributed by atoms with Gasteiger partial charge in [-0.25, -0.2) is 9.59 Å². The molecule has 0 spiro atoms. The number of amides is 4.